The minimum Gasteiger partial charge on any atom is -0.423 e. The number of nitrogens with zero attached hydrogens (tertiary/aromatic N) is 1. The first kappa shape index (κ1) is 10.2. The van der Waals surface area contributed by atoms with Crippen LogP contribution in [-0.2, 0) is 0 Å². The summed E-state index contributed by atoms with van der Waals surface area (Å²) >= 11 is 0. The number of pyridine rings is 1. The molecule has 1 rings (SSSR count). The summed E-state index contributed by atoms with van der Waals surface area (Å²) in [6.07, 6.45) is 2.61. The van der Waals surface area contributed by atoms with Gasteiger partial charge in [0.05, 0.1) is 0 Å². The second kappa shape index (κ2) is 4.39. The average Bonchev–Trinajstić information content (AvgIpc) is 2.17. The van der Waals surface area contributed by atoms with Crippen LogP contribution in [-0.4, -0.2) is 22.2 Å². The van der Waals surface area contributed by atoms with E-state index in [1.807, 2.05) is 0 Å². The van der Waals surface area contributed by atoms with Crippen LogP contribution in [0.4, 0.5) is 0 Å². The molecule has 1 unspecified atom stereocenters. The van der Waals surface area contributed by atoms with Gasteiger partial charge in [-0.25, -0.2) is 0 Å². The van der Waals surface area contributed by atoms with Crippen molar-refractivity contribution in [1.29, 1.82) is 0 Å². The standard InChI is InChI=1S/C9H14BNO2/c1-3-7(2)9-6-8(10(12)13)4-5-11-9/h4-7,12-13H,3H2,1-2H3. The lowest BCUT2D eigenvalue weighted by atomic mass is 9.80. The Morgan fingerprint density at radius 2 is 2.23 bits per heavy atom. The maximum atomic E-state index is 8.93. The summed E-state index contributed by atoms with van der Waals surface area (Å²) in [7, 11) is -1.40. The smallest absolute Gasteiger partial charge is 0.423 e. The monoisotopic (exact) mass is 179 g/mol. The van der Waals surface area contributed by atoms with Crippen LogP contribution in [0, 0.1) is 0 Å². The van der Waals surface area contributed by atoms with Gasteiger partial charge in [0.1, 0.15) is 0 Å². The van der Waals surface area contributed by atoms with Gasteiger partial charge in [0.25, 0.3) is 0 Å². The van der Waals surface area contributed by atoms with Crippen molar-refractivity contribution in [3.63, 3.8) is 0 Å². The van der Waals surface area contributed by atoms with Crippen molar-refractivity contribution in [3.8, 4) is 0 Å². The summed E-state index contributed by atoms with van der Waals surface area (Å²) in [6, 6.07) is 3.34. The molecular formula is C9H14BNO2. The second-order valence-electron chi connectivity index (χ2n) is 3.20. The number of hydrogen-bond acceptors (Lipinski definition) is 3. The Morgan fingerprint density at radius 1 is 1.54 bits per heavy atom. The fourth-order valence-corrected chi connectivity index (χ4v) is 1.10. The highest BCUT2D eigenvalue weighted by Crippen LogP contribution is 2.13. The van der Waals surface area contributed by atoms with E-state index in [9.17, 15) is 0 Å². The largest absolute Gasteiger partial charge is 0.488 e. The minimum absolute atomic E-state index is 0.360. The van der Waals surface area contributed by atoms with E-state index in [0.29, 0.717) is 11.4 Å². The Morgan fingerprint density at radius 3 is 2.77 bits per heavy atom. The SMILES string of the molecule is CCC(C)c1cc(B(O)O)ccn1. The summed E-state index contributed by atoms with van der Waals surface area (Å²) in [5.41, 5.74) is 1.42. The number of aromatic nitrogens is 1. The van der Waals surface area contributed by atoms with Crippen molar-refractivity contribution in [2.24, 2.45) is 0 Å². The summed E-state index contributed by atoms with van der Waals surface area (Å²) in [5, 5.41) is 17.9. The molecule has 0 aliphatic rings. The van der Waals surface area contributed by atoms with Crippen LogP contribution in [0.5, 0.6) is 0 Å². The highest BCUT2D eigenvalue weighted by molar-refractivity contribution is 6.58. The van der Waals surface area contributed by atoms with Gasteiger partial charge in [0.2, 0.25) is 0 Å². The Kier molecular flexibility index (Phi) is 3.45. The first-order valence-corrected chi connectivity index (χ1v) is 4.47. The summed E-state index contributed by atoms with van der Waals surface area (Å²) in [4.78, 5) is 4.17. The first-order chi connectivity index (χ1) is 6.15. The molecule has 1 heterocycles. The van der Waals surface area contributed by atoms with E-state index >= 15 is 0 Å². The molecule has 0 aromatic carbocycles. The summed E-state index contributed by atoms with van der Waals surface area (Å²) < 4.78 is 0. The molecule has 1 aromatic heterocycles. The van der Waals surface area contributed by atoms with Crippen LogP contribution < -0.4 is 5.46 Å². The third-order valence-electron chi connectivity index (χ3n) is 2.22. The fourth-order valence-electron chi connectivity index (χ4n) is 1.10. The third kappa shape index (κ3) is 2.54. The molecule has 1 aromatic rings. The lowest BCUT2D eigenvalue weighted by Gasteiger charge is -2.08. The third-order valence-corrected chi connectivity index (χ3v) is 2.22. The summed E-state index contributed by atoms with van der Waals surface area (Å²) in [5.74, 6) is 0.360. The van der Waals surface area contributed by atoms with E-state index in [1.54, 1.807) is 18.3 Å². The van der Waals surface area contributed by atoms with Crippen molar-refractivity contribution >= 4 is 12.6 Å². The molecule has 4 heteroatoms. The van der Waals surface area contributed by atoms with Crippen molar-refractivity contribution < 1.29 is 10.0 Å². The molecule has 70 valence electrons. The van der Waals surface area contributed by atoms with E-state index in [-0.39, 0.29) is 0 Å². The van der Waals surface area contributed by atoms with Crippen LogP contribution in [0.25, 0.3) is 0 Å². The Labute approximate surface area is 78.6 Å². The molecular weight excluding hydrogens is 165 g/mol. The molecule has 0 saturated carbocycles. The van der Waals surface area contributed by atoms with E-state index in [2.05, 4.69) is 18.8 Å². The second-order valence-corrected chi connectivity index (χ2v) is 3.20. The summed E-state index contributed by atoms with van der Waals surface area (Å²) in [6.45, 7) is 4.14. The molecule has 13 heavy (non-hydrogen) atoms. The van der Waals surface area contributed by atoms with E-state index < -0.39 is 7.12 Å². The molecule has 3 nitrogen and oxygen atoms in total. The number of rotatable bonds is 3. The minimum atomic E-state index is -1.40. The lowest BCUT2D eigenvalue weighted by molar-refractivity contribution is 0.425. The predicted molar refractivity (Wildman–Crippen MR) is 52.8 cm³/mol. The van der Waals surface area contributed by atoms with E-state index in [1.165, 1.54) is 0 Å². The van der Waals surface area contributed by atoms with Crippen molar-refractivity contribution in [3.05, 3.63) is 24.0 Å². The van der Waals surface area contributed by atoms with Gasteiger partial charge in [-0.1, -0.05) is 13.8 Å². The van der Waals surface area contributed by atoms with Gasteiger partial charge >= 0.3 is 7.12 Å². The van der Waals surface area contributed by atoms with Crippen LogP contribution in [0.15, 0.2) is 18.3 Å². The molecule has 0 bridgehead atoms. The zero-order valence-electron chi connectivity index (χ0n) is 7.94. The Hall–Kier alpha value is -0.865. The molecule has 0 amide bonds. The van der Waals surface area contributed by atoms with Gasteiger partial charge < -0.3 is 10.0 Å². The van der Waals surface area contributed by atoms with Crippen molar-refractivity contribution in [2.45, 2.75) is 26.2 Å². The van der Waals surface area contributed by atoms with Gasteiger partial charge in [0, 0.05) is 11.9 Å². The Bertz CT molecular complexity index is 278. The average molecular weight is 179 g/mol. The Balaban J connectivity index is 2.91. The van der Waals surface area contributed by atoms with Crippen LogP contribution in [0.3, 0.4) is 0 Å². The van der Waals surface area contributed by atoms with Gasteiger partial charge in [-0.3, -0.25) is 4.98 Å². The van der Waals surface area contributed by atoms with Crippen LogP contribution in [0.1, 0.15) is 31.9 Å². The first-order valence-electron chi connectivity index (χ1n) is 4.47. The van der Waals surface area contributed by atoms with Crippen molar-refractivity contribution in [2.75, 3.05) is 0 Å². The van der Waals surface area contributed by atoms with E-state index in [0.717, 1.165) is 12.1 Å². The van der Waals surface area contributed by atoms with Crippen LogP contribution in [0.2, 0.25) is 0 Å². The van der Waals surface area contributed by atoms with Gasteiger partial charge in [0.15, 0.2) is 0 Å². The molecule has 0 aliphatic heterocycles. The highest BCUT2D eigenvalue weighted by Gasteiger charge is 2.13. The predicted octanol–water partition coefficient (Wildman–Crippen LogP) is 0.275. The van der Waals surface area contributed by atoms with Crippen LogP contribution >= 0.6 is 0 Å². The molecule has 0 radical (unpaired) electrons. The maximum Gasteiger partial charge on any atom is 0.488 e. The van der Waals surface area contributed by atoms with Crippen molar-refractivity contribution in [1.82, 2.24) is 4.98 Å². The zero-order valence-corrected chi connectivity index (χ0v) is 7.94. The normalized spacial score (nSPS) is 12.6. The maximum absolute atomic E-state index is 8.93. The molecule has 2 N–H and O–H groups in total. The van der Waals surface area contributed by atoms with Gasteiger partial charge in [-0.2, -0.15) is 0 Å². The lowest BCUT2D eigenvalue weighted by Crippen LogP contribution is -2.30. The highest BCUT2D eigenvalue weighted by atomic mass is 16.4. The van der Waals surface area contributed by atoms with E-state index in [4.69, 9.17) is 10.0 Å². The molecule has 0 aliphatic carbocycles. The topological polar surface area (TPSA) is 53.4 Å². The van der Waals surface area contributed by atoms with Gasteiger partial charge in [-0.15, -0.1) is 0 Å². The molecule has 1 atom stereocenters. The van der Waals surface area contributed by atoms with Gasteiger partial charge in [-0.05, 0) is 29.9 Å². The number of hydrogen-bond donors (Lipinski definition) is 2. The molecule has 0 saturated heterocycles. The quantitative estimate of drug-likeness (QED) is 0.655. The molecule has 0 fully saturated rings. The molecule has 0 spiro atoms. The fraction of sp³-hybridized carbons (Fsp3) is 0.444. The zero-order chi connectivity index (χ0) is 9.84.